The molecule has 0 aliphatic heterocycles. The zero-order valence-corrected chi connectivity index (χ0v) is 15.2. The predicted octanol–water partition coefficient (Wildman–Crippen LogP) is 4.50. The summed E-state index contributed by atoms with van der Waals surface area (Å²) in [5, 5.41) is 3.28. The Labute approximate surface area is 153 Å². The fraction of sp³-hybridized carbons (Fsp3) is 0.190. The van der Waals surface area contributed by atoms with Crippen LogP contribution in [0.5, 0.6) is 0 Å². The number of para-hydroxylation sites is 1. The molecule has 5 heteroatoms. The second kappa shape index (κ2) is 7.78. The molecule has 3 aromatic rings. The van der Waals surface area contributed by atoms with E-state index < -0.39 is 0 Å². The Hall–Kier alpha value is -3.21. The van der Waals surface area contributed by atoms with E-state index in [0.29, 0.717) is 18.1 Å². The summed E-state index contributed by atoms with van der Waals surface area (Å²) in [5.74, 6) is 0.450. The van der Waals surface area contributed by atoms with E-state index in [1.54, 1.807) is 11.0 Å². The third-order valence-corrected chi connectivity index (χ3v) is 4.38. The van der Waals surface area contributed by atoms with Gasteiger partial charge in [-0.3, -0.25) is 4.79 Å². The van der Waals surface area contributed by atoms with E-state index in [1.807, 2.05) is 49.4 Å². The molecule has 1 amide bonds. The Bertz CT molecular complexity index is 909. The van der Waals surface area contributed by atoms with Crippen molar-refractivity contribution in [1.29, 1.82) is 0 Å². The Morgan fingerprint density at radius 2 is 1.81 bits per heavy atom. The molecular formula is C21H22N4O. The number of benzene rings is 2. The number of hydrogen-bond acceptors (Lipinski definition) is 4. The number of aryl methyl sites for hydroxylation is 1. The first-order valence-corrected chi connectivity index (χ1v) is 8.62. The van der Waals surface area contributed by atoms with E-state index in [4.69, 9.17) is 0 Å². The van der Waals surface area contributed by atoms with Crippen molar-refractivity contribution >= 4 is 23.1 Å². The Morgan fingerprint density at radius 3 is 2.54 bits per heavy atom. The molecule has 5 nitrogen and oxygen atoms in total. The first kappa shape index (κ1) is 17.6. The van der Waals surface area contributed by atoms with Gasteiger partial charge in [0.05, 0.1) is 0 Å². The van der Waals surface area contributed by atoms with Crippen molar-refractivity contribution < 1.29 is 4.79 Å². The Morgan fingerprint density at radius 1 is 1.04 bits per heavy atom. The van der Waals surface area contributed by atoms with Gasteiger partial charge in [-0.2, -0.15) is 0 Å². The molecule has 2 aromatic carbocycles. The van der Waals surface area contributed by atoms with Gasteiger partial charge in [-0.25, -0.2) is 9.97 Å². The molecule has 26 heavy (non-hydrogen) atoms. The lowest BCUT2D eigenvalue weighted by Crippen LogP contribution is -2.31. The molecule has 0 radical (unpaired) electrons. The van der Waals surface area contributed by atoms with Crippen LogP contribution in [0.3, 0.4) is 0 Å². The van der Waals surface area contributed by atoms with Gasteiger partial charge < -0.3 is 10.2 Å². The number of nitrogens with one attached hydrogen (secondary N) is 1. The lowest BCUT2D eigenvalue weighted by molar-refractivity contribution is 0.0983. The second-order valence-electron chi connectivity index (χ2n) is 6.05. The number of anilines is 3. The largest absolute Gasteiger partial charge is 0.340 e. The summed E-state index contributed by atoms with van der Waals surface area (Å²) < 4.78 is 0. The summed E-state index contributed by atoms with van der Waals surface area (Å²) in [6.07, 6.45) is 1.42. The monoisotopic (exact) mass is 346 g/mol. The van der Waals surface area contributed by atoms with Gasteiger partial charge in [-0.15, -0.1) is 0 Å². The molecule has 0 atom stereocenters. The number of aromatic nitrogens is 2. The molecule has 1 aromatic heterocycles. The molecule has 0 fully saturated rings. The van der Waals surface area contributed by atoms with Crippen molar-refractivity contribution in [2.45, 2.75) is 20.8 Å². The number of hydrogen-bond donors (Lipinski definition) is 1. The quantitative estimate of drug-likeness (QED) is 0.739. The summed E-state index contributed by atoms with van der Waals surface area (Å²) in [5.41, 5.74) is 4.53. The normalized spacial score (nSPS) is 10.4. The highest BCUT2D eigenvalue weighted by Gasteiger charge is 2.18. The Kier molecular flexibility index (Phi) is 5.27. The molecule has 1 N–H and O–H groups in total. The summed E-state index contributed by atoms with van der Waals surface area (Å²) in [4.78, 5) is 23.0. The molecule has 0 saturated heterocycles. The second-order valence-corrected chi connectivity index (χ2v) is 6.05. The van der Waals surface area contributed by atoms with E-state index in [2.05, 4.69) is 35.2 Å². The summed E-state index contributed by atoms with van der Waals surface area (Å²) in [6, 6.07) is 17.3. The minimum Gasteiger partial charge on any atom is -0.340 e. The van der Waals surface area contributed by atoms with Crippen LogP contribution < -0.4 is 10.2 Å². The highest BCUT2D eigenvalue weighted by molar-refractivity contribution is 6.05. The molecule has 3 rings (SSSR count). The van der Waals surface area contributed by atoms with Crippen LogP contribution >= 0.6 is 0 Å². The smallest absolute Gasteiger partial charge is 0.277 e. The highest BCUT2D eigenvalue weighted by atomic mass is 16.2. The van der Waals surface area contributed by atoms with Gasteiger partial charge in [0.2, 0.25) is 0 Å². The average Bonchev–Trinajstić information content (AvgIpc) is 2.67. The fourth-order valence-corrected chi connectivity index (χ4v) is 2.76. The van der Waals surface area contributed by atoms with Gasteiger partial charge in [-0.05, 0) is 50.1 Å². The van der Waals surface area contributed by atoms with Crippen LogP contribution in [-0.2, 0) is 0 Å². The van der Waals surface area contributed by atoms with Crippen LogP contribution in [0, 0.1) is 13.8 Å². The van der Waals surface area contributed by atoms with Gasteiger partial charge >= 0.3 is 0 Å². The highest BCUT2D eigenvalue weighted by Crippen LogP contribution is 2.22. The SMILES string of the molecule is CCN(C(=O)c1cc(Nc2cccc(C)c2C)ncn1)c1ccccc1. The zero-order chi connectivity index (χ0) is 18.5. The molecule has 1 heterocycles. The number of carbonyl (C=O) groups excluding carboxylic acids is 1. The first-order valence-electron chi connectivity index (χ1n) is 8.62. The topological polar surface area (TPSA) is 58.1 Å². The maximum Gasteiger partial charge on any atom is 0.277 e. The van der Waals surface area contributed by atoms with Crippen molar-refractivity contribution in [2.75, 3.05) is 16.8 Å². The van der Waals surface area contributed by atoms with Crippen molar-refractivity contribution in [3.8, 4) is 0 Å². The third kappa shape index (κ3) is 3.72. The van der Waals surface area contributed by atoms with Crippen molar-refractivity contribution in [1.82, 2.24) is 9.97 Å². The third-order valence-electron chi connectivity index (χ3n) is 4.38. The summed E-state index contributed by atoms with van der Waals surface area (Å²) in [7, 11) is 0. The van der Waals surface area contributed by atoms with Crippen molar-refractivity contribution in [3.63, 3.8) is 0 Å². The van der Waals surface area contributed by atoms with Gasteiger partial charge in [0.15, 0.2) is 0 Å². The summed E-state index contributed by atoms with van der Waals surface area (Å²) in [6.45, 7) is 6.63. The average molecular weight is 346 g/mol. The predicted molar refractivity (Wildman–Crippen MR) is 105 cm³/mol. The first-order chi connectivity index (χ1) is 12.6. The van der Waals surface area contributed by atoms with Crippen LogP contribution in [0.2, 0.25) is 0 Å². The molecule has 0 unspecified atom stereocenters. The van der Waals surface area contributed by atoms with E-state index in [1.165, 1.54) is 11.9 Å². The van der Waals surface area contributed by atoms with Gasteiger partial charge in [-0.1, -0.05) is 30.3 Å². The van der Waals surface area contributed by atoms with Gasteiger partial charge in [0.1, 0.15) is 17.8 Å². The van der Waals surface area contributed by atoms with Crippen LogP contribution in [0.4, 0.5) is 17.2 Å². The summed E-state index contributed by atoms with van der Waals surface area (Å²) >= 11 is 0. The minimum atomic E-state index is -0.148. The van der Waals surface area contributed by atoms with E-state index in [0.717, 1.165) is 16.9 Å². The molecule has 0 saturated carbocycles. The van der Waals surface area contributed by atoms with E-state index >= 15 is 0 Å². The number of rotatable bonds is 5. The number of nitrogens with zero attached hydrogens (tertiary/aromatic N) is 3. The van der Waals surface area contributed by atoms with Crippen LogP contribution in [0.1, 0.15) is 28.5 Å². The number of amides is 1. The lowest BCUT2D eigenvalue weighted by Gasteiger charge is -2.20. The van der Waals surface area contributed by atoms with Crippen LogP contribution in [-0.4, -0.2) is 22.4 Å². The maximum absolute atomic E-state index is 12.9. The van der Waals surface area contributed by atoms with Crippen LogP contribution in [0.15, 0.2) is 60.9 Å². The lowest BCUT2D eigenvalue weighted by atomic mass is 10.1. The fourth-order valence-electron chi connectivity index (χ4n) is 2.76. The molecular weight excluding hydrogens is 324 g/mol. The van der Waals surface area contributed by atoms with Crippen LogP contribution in [0.25, 0.3) is 0 Å². The standard InChI is InChI=1S/C21H22N4O/c1-4-25(17-10-6-5-7-11-17)21(26)19-13-20(23-14-22-19)24-18-12-8-9-15(2)16(18)3/h5-14H,4H2,1-3H3,(H,22,23,24). The van der Waals surface area contributed by atoms with Gasteiger partial charge in [0, 0.05) is 24.0 Å². The van der Waals surface area contributed by atoms with E-state index in [9.17, 15) is 4.79 Å². The molecule has 0 aliphatic rings. The zero-order valence-electron chi connectivity index (χ0n) is 15.2. The minimum absolute atomic E-state index is 0.148. The molecule has 0 spiro atoms. The number of carbonyl (C=O) groups is 1. The molecule has 132 valence electrons. The Balaban J connectivity index is 1.86. The van der Waals surface area contributed by atoms with Crippen molar-refractivity contribution in [3.05, 3.63) is 77.7 Å². The maximum atomic E-state index is 12.9. The molecule has 0 aliphatic carbocycles. The van der Waals surface area contributed by atoms with Gasteiger partial charge in [0.25, 0.3) is 5.91 Å². The molecule has 0 bridgehead atoms. The van der Waals surface area contributed by atoms with Crippen molar-refractivity contribution in [2.24, 2.45) is 0 Å². The van der Waals surface area contributed by atoms with E-state index in [-0.39, 0.29) is 5.91 Å².